The van der Waals surface area contributed by atoms with Crippen molar-refractivity contribution in [3.05, 3.63) is 27.9 Å². The Hall–Kier alpha value is -1.85. The van der Waals surface area contributed by atoms with Crippen LogP contribution in [-0.2, 0) is 0 Å². The number of carbonyl (C=O) groups excluding carboxylic acids is 1. The molecular formula is C12H17ClF3N5O3. The van der Waals surface area contributed by atoms with Crippen molar-refractivity contribution in [2.75, 3.05) is 32.7 Å². The van der Waals surface area contributed by atoms with Gasteiger partial charge in [-0.3, -0.25) is 9.69 Å². The fourth-order valence-electron chi connectivity index (χ4n) is 2.35. The maximum absolute atomic E-state index is 13.2. The predicted octanol–water partition coefficient (Wildman–Crippen LogP) is 0.911. The van der Waals surface area contributed by atoms with Crippen molar-refractivity contribution in [3.8, 4) is 0 Å². The SMILES string of the molecule is Cl.O=C(NCC(N1CCNCC1)C(F)(F)F)c1ccc([N+](=O)[O-])[nH]1. The maximum Gasteiger partial charge on any atom is 0.405 e. The lowest BCUT2D eigenvalue weighted by Gasteiger charge is -2.35. The molecular weight excluding hydrogens is 355 g/mol. The number of aromatic nitrogens is 1. The highest BCUT2D eigenvalue weighted by Crippen LogP contribution is 2.24. The van der Waals surface area contributed by atoms with E-state index in [1.807, 2.05) is 0 Å². The first-order chi connectivity index (χ1) is 10.8. The van der Waals surface area contributed by atoms with Gasteiger partial charge < -0.3 is 20.7 Å². The number of halogens is 4. The summed E-state index contributed by atoms with van der Waals surface area (Å²) in [7, 11) is 0. The molecule has 2 rings (SSSR count). The van der Waals surface area contributed by atoms with Gasteiger partial charge in [0.25, 0.3) is 5.91 Å². The van der Waals surface area contributed by atoms with Crippen LogP contribution in [0.5, 0.6) is 0 Å². The van der Waals surface area contributed by atoms with Gasteiger partial charge in [0.05, 0.1) is 0 Å². The summed E-state index contributed by atoms with van der Waals surface area (Å²) in [4.78, 5) is 25.1. The quantitative estimate of drug-likeness (QED) is 0.527. The summed E-state index contributed by atoms with van der Waals surface area (Å²) in [6.07, 6.45) is -4.48. The lowest BCUT2D eigenvalue weighted by molar-refractivity contribution is -0.389. The Morgan fingerprint density at radius 1 is 1.38 bits per heavy atom. The van der Waals surface area contributed by atoms with Gasteiger partial charge >= 0.3 is 12.0 Å². The molecule has 1 aliphatic rings. The van der Waals surface area contributed by atoms with Crippen molar-refractivity contribution in [1.29, 1.82) is 0 Å². The lowest BCUT2D eigenvalue weighted by Crippen LogP contribution is -2.57. The fraction of sp³-hybridized carbons (Fsp3) is 0.583. The highest BCUT2D eigenvalue weighted by Gasteiger charge is 2.43. The standard InChI is InChI=1S/C12H16F3N5O3.ClH/c13-12(14,15)9(19-5-3-16-4-6-19)7-17-11(21)8-1-2-10(18-8)20(22)23;/h1-2,9,16,18H,3-7H2,(H,17,21);1H. The third-order valence-corrected chi connectivity index (χ3v) is 3.54. The molecule has 12 heteroatoms. The second kappa shape index (κ2) is 8.31. The van der Waals surface area contributed by atoms with Crippen molar-refractivity contribution in [1.82, 2.24) is 20.5 Å². The summed E-state index contributed by atoms with van der Waals surface area (Å²) in [6.45, 7) is 0.740. The zero-order chi connectivity index (χ0) is 17.0. The molecule has 136 valence electrons. The molecule has 0 aromatic carbocycles. The second-order valence-electron chi connectivity index (χ2n) is 5.07. The molecule has 0 spiro atoms. The molecule has 1 aromatic rings. The molecule has 1 amide bonds. The summed E-state index contributed by atoms with van der Waals surface area (Å²) in [6, 6.07) is 0.436. The number of aromatic amines is 1. The Balaban J connectivity index is 0.00000288. The molecule has 3 N–H and O–H groups in total. The average Bonchev–Trinajstić information content (AvgIpc) is 2.97. The molecule has 0 radical (unpaired) electrons. The van der Waals surface area contributed by atoms with E-state index in [0.29, 0.717) is 13.1 Å². The number of amides is 1. The third-order valence-electron chi connectivity index (χ3n) is 3.54. The highest BCUT2D eigenvalue weighted by molar-refractivity contribution is 5.92. The van der Waals surface area contributed by atoms with E-state index in [1.165, 1.54) is 4.90 Å². The van der Waals surface area contributed by atoms with Crippen molar-refractivity contribution < 1.29 is 22.9 Å². The van der Waals surface area contributed by atoms with Crippen LogP contribution in [0.15, 0.2) is 12.1 Å². The number of piperazine rings is 1. The number of nitrogens with one attached hydrogen (secondary N) is 3. The summed E-state index contributed by atoms with van der Waals surface area (Å²) in [5.41, 5.74) is -0.155. The molecule has 24 heavy (non-hydrogen) atoms. The van der Waals surface area contributed by atoms with E-state index in [2.05, 4.69) is 15.6 Å². The average molecular weight is 372 g/mol. The summed E-state index contributed by atoms with van der Waals surface area (Å²) in [5.74, 6) is -1.22. The Morgan fingerprint density at radius 2 is 2.00 bits per heavy atom. The van der Waals surface area contributed by atoms with Gasteiger partial charge in [0.1, 0.15) is 6.04 Å². The zero-order valence-corrected chi connectivity index (χ0v) is 13.2. The first-order valence-electron chi connectivity index (χ1n) is 6.92. The van der Waals surface area contributed by atoms with Crippen LogP contribution >= 0.6 is 12.4 Å². The van der Waals surface area contributed by atoms with E-state index >= 15 is 0 Å². The predicted molar refractivity (Wildman–Crippen MR) is 81.3 cm³/mol. The normalized spacial score (nSPS) is 17.0. The number of nitro groups is 1. The number of carbonyl (C=O) groups is 1. The van der Waals surface area contributed by atoms with E-state index in [0.717, 1.165) is 12.1 Å². The van der Waals surface area contributed by atoms with Crippen LogP contribution in [0.2, 0.25) is 0 Å². The summed E-state index contributed by atoms with van der Waals surface area (Å²) >= 11 is 0. The van der Waals surface area contributed by atoms with Crippen LogP contribution in [0, 0.1) is 10.1 Å². The fourth-order valence-corrected chi connectivity index (χ4v) is 2.35. The summed E-state index contributed by atoms with van der Waals surface area (Å²) < 4.78 is 39.5. The molecule has 0 aliphatic carbocycles. The minimum Gasteiger partial charge on any atom is -0.358 e. The monoisotopic (exact) mass is 371 g/mol. The van der Waals surface area contributed by atoms with Gasteiger partial charge in [-0.05, 0) is 11.0 Å². The molecule has 1 aromatic heterocycles. The molecule has 1 aliphatic heterocycles. The van der Waals surface area contributed by atoms with E-state index in [-0.39, 0.29) is 31.2 Å². The molecule has 1 fully saturated rings. The largest absolute Gasteiger partial charge is 0.405 e. The maximum atomic E-state index is 13.2. The van der Waals surface area contributed by atoms with Gasteiger partial charge in [0.2, 0.25) is 0 Å². The molecule has 0 bridgehead atoms. The smallest absolute Gasteiger partial charge is 0.358 e. The number of hydrogen-bond acceptors (Lipinski definition) is 5. The van der Waals surface area contributed by atoms with Gasteiger partial charge in [-0.2, -0.15) is 13.2 Å². The Labute approximate surface area is 141 Å². The number of rotatable bonds is 5. The van der Waals surface area contributed by atoms with Crippen LogP contribution < -0.4 is 10.6 Å². The Morgan fingerprint density at radius 3 is 2.50 bits per heavy atom. The first-order valence-corrected chi connectivity index (χ1v) is 6.92. The Kier molecular flexibility index (Phi) is 6.99. The molecule has 1 unspecified atom stereocenters. The van der Waals surface area contributed by atoms with Gasteiger partial charge in [-0.1, -0.05) is 0 Å². The van der Waals surface area contributed by atoms with Gasteiger partial charge in [-0.25, -0.2) is 4.98 Å². The van der Waals surface area contributed by atoms with Crippen molar-refractivity contribution in [3.63, 3.8) is 0 Å². The van der Waals surface area contributed by atoms with Gasteiger partial charge in [0, 0.05) is 38.8 Å². The van der Waals surface area contributed by atoms with Crippen LogP contribution in [-0.4, -0.2) is 65.7 Å². The summed E-state index contributed by atoms with van der Waals surface area (Å²) in [5, 5.41) is 15.7. The van der Waals surface area contributed by atoms with E-state index in [9.17, 15) is 28.1 Å². The van der Waals surface area contributed by atoms with Crippen LogP contribution in [0.4, 0.5) is 19.0 Å². The van der Waals surface area contributed by atoms with E-state index < -0.39 is 35.4 Å². The highest BCUT2D eigenvalue weighted by atomic mass is 35.5. The number of alkyl halides is 3. The molecule has 2 heterocycles. The van der Waals surface area contributed by atoms with Crippen molar-refractivity contribution in [2.45, 2.75) is 12.2 Å². The third kappa shape index (κ3) is 5.08. The number of H-pyrrole nitrogens is 1. The van der Waals surface area contributed by atoms with E-state index in [4.69, 9.17) is 0 Å². The molecule has 0 saturated carbocycles. The molecule has 8 nitrogen and oxygen atoms in total. The second-order valence-corrected chi connectivity index (χ2v) is 5.07. The zero-order valence-electron chi connectivity index (χ0n) is 12.4. The van der Waals surface area contributed by atoms with Crippen molar-refractivity contribution >= 4 is 24.1 Å². The lowest BCUT2D eigenvalue weighted by atomic mass is 10.2. The minimum absolute atomic E-state index is 0. The van der Waals surface area contributed by atoms with Gasteiger partial charge in [-0.15, -0.1) is 12.4 Å². The Bertz CT molecular complexity index is 575. The first kappa shape index (κ1) is 20.2. The van der Waals surface area contributed by atoms with Crippen LogP contribution in [0.1, 0.15) is 10.5 Å². The molecule has 1 saturated heterocycles. The van der Waals surface area contributed by atoms with Crippen LogP contribution in [0.25, 0.3) is 0 Å². The van der Waals surface area contributed by atoms with Crippen molar-refractivity contribution in [2.24, 2.45) is 0 Å². The molecule has 1 atom stereocenters. The van der Waals surface area contributed by atoms with Gasteiger partial charge in [0.15, 0.2) is 5.69 Å². The van der Waals surface area contributed by atoms with E-state index in [1.54, 1.807) is 0 Å². The minimum atomic E-state index is -4.48. The number of nitrogens with zero attached hydrogens (tertiary/aromatic N) is 2. The topological polar surface area (TPSA) is 103 Å². The van der Waals surface area contributed by atoms with Crippen LogP contribution in [0.3, 0.4) is 0 Å². The number of hydrogen-bond donors (Lipinski definition) is 3.